The van der Waals surface area contributed by atoms with Crippen molar-refractivity contribution in [2.45, 2.75) is 77.7 Å². The molecule has 0 spiro atoms. The predicted octanol–water partition coefficient (Wildman–Crippen LogP) is 2.05. The predicted molar refractivity (Wildman–Crippen MR) is 82.4 cm³/mol. The van der Waals surface area contributed by atoms with Gasteiger partial charge in [-0.15, -0.1) is 0 Å². The van der Waals surface area contributed by atoms with E-state index in [2.05, 4.69) is 49.9 Å². The molecule has 0 aliphatic carbocycles. The second-order valence-corrected chi connectivity index (χ2v) is 6.95. The number of hydrogen-bond donors (Lipinski definition) is 1. The lowest BCUT2D eigenvalue weighted by Gasteiger charge is -2.41. The van der Waals surface area contributed by atoms with Crippen LogP contribution >= 0.6 is 0 Å². The second-order valence-electron chi connectivity index (χ2n) is 6.95. The number of amides is 1. The molecule has 4 atom stereocenters. The maximum Gasteiger partial charge on any atom is 0.241 e. The average molecular weight is 281 g/mol. The molecule has 1 amide bonds. The molecular formula is C16H31N3O. The van der Waals surface area contributed by atoms with E-state index in [4.69, 9.17) is 0 Å². The first-order valence-corrected chi connectivity index (χ1v) is 8.24. The summed E-state index contributed by atoms with van der Waals surface area (Å²) in [7, 11) is 2.19. The number of carbonyl (C=O) groups excluding carboxylic acids is 1. The van der Waals surface area contributed by atoms with Gasteiger partial charge in [0, 0.05) is 18.6 Å². The van der Waals surface area contributed by atoms with Crippen molar-refractivity contribution in [3.63, 3.8) is 0 Å². The van der Waals surface area contributed by atoms with Crippen molar-refractivity contribution >= 4 is 5.91 Å². The molecule has 1 N–H and O–H groups in total. The van der Waals surface area contributed by atoms with Gasteiger partial charge in [0.25, 0.3) is 0 Å². The van der Waals surface area contributed by atoms with Crippen molar-refractivity contribution in [1.29, 1.82) is 0 Å². The summed E-state index contributed by atoms with van der Waals surface area (Å²) >= 11 is 0. The Morgan fingerprint density at radius 3 is 2.65 bits per heavy atom. The maximum atomic E-state index is 12.8. The summed E-state index contributed by atoms with van der Waals surface area (Å²) in [6.45, 7) is 9.85. The van der Waals surface area contributed by atoms with E-state index < -0.39 is 0 Å². The minimum Gasteiger partial charge on any atom is -0.323 e. The number of likely N-dealkylation sites (tertiary alicyclic amines) is 1. The smallest absolute Gasteiger partial charge is 0.241 e. The van der Waals surface area contributed by atoms with E-state index in [1.807, 2.05) is 0 Å². The van der Waals surface area contributed by atoms with Crippen LogP contribution in [0, 0.1) is 5.92 Å². The van der Waals surface area contributed by atoms with Crippen molar-refractivity contribution in [2.24, 2.45) is 5.92 Å². The SMILES string of the molecule is CCCC1NC(C(C)C)C(=O)N1C1CCN(C)C(C)C1. The zero-order valence-electron chi connectivity index (χ0n) is 13.7. The van der Waals surface area contributed by atoms with Gasteiger partial charge in [-0.1, -0.05) is 27.2 Å². The van der Waals surface area contributed by atoms with E-state index in [1.165, 1.54) is 0 Å². The Labute approximate surface area is 123 Å². The summed E-state index contributed by atoms with van der Waals surface area (Å²) in [5.41, 5.74) is 0. The highest BCUT2D eigenvalue weighted by Crippen LogP contribution is 2.28. The quantitative estimate of drug-likeness (QED) is 0.856. The minimum absolute atomic E-state index is 0.0153. The largest absolute Gasteiger partial charge is 0.323 e. The first-order valence-electron chi connectivity index (χ1n) is 8.24. The van der Waals surface area contributed by atoms with Gasteiger partial charge >= 0.3 is 0 Å². The van der Waals surface area contributed by atoms with Crippen LogP contribution in [0.4, 0.5) is 0 Å². The fourth-order valence-electron chi connectivity index (χ4n) is 3.60. The Morgan fingerprint density at radius 2 is 2.10 bits per heavy atom. The number of nitrogens with zero attached hydrogens (tertiary/aromatic N) is 2. The number of piperidine rings is 1. The standard InChI is InChI=1S/C16H31N3O/c1-6-7-14-17-15(11(2)3)16(20)19(14)13-8-9-18(5)12(4)10-13/h11-15,17H,6-10H2,1-5H3. The van der Waals surface area contributed by atoms with E-state index in [0.717, 1.165) is 32.2 Å². The fourth-order valence-corrected chi connectivity index (χ4v) is 3.60. The van der Waals surface area contributed by atoms with Crippen molar-refractivity contribution in [3.05, 3.63) is 0 Å². The zero-order chi connectivity index (χ0) is 14.9. The van der Waals surface area contributed by atoms with Gasteiger partial charge in [0.05, 0.1) is 12.2 Å². The number of carbonyl (C=O) groups is 1. The van der Waals surface area contributed by atoms with E-state index in [-0.39, 0.29) is 12.2 Å². The minimum atomic E-state index is 0.0153. The first-order chi connectivity index (χ1) is 9.45. The Balaban J connectivity index is 2.12. The number of nitrogens with one attached hydrogen (secondary N) is 1. The fraction of sp³-hybridized carbons (Fsp3) is 0.938. The number of hydrogen-bond acceptors (Lipinski definition) is 3. The lowest BCUT2D eigenvalue weighted by Crippen LogP contribution is -2.51. The van der Waals surface area contributed by atoms with E-state index in [0.29, 0.717) is 23.9 Å². The third-order valence-corrected chi connectivity index (χ3v) is 5.03. The highest BCUT2D eigenvalue weighted by atomic mass is 16.2. The van der Waals surface area contributed by atoms with Crippen LogP contribution in [0.1, 0.15) is 53.4 Å². The van der Waals surface area contributed by atoms with Crippen molar-refractivity contribution in [3.8, 4) is 0 Å². The normalized spacial score (nSPS) is 36.1. The van der Waals surface area contributed by atoms with Crippen LogP contribution in [0.5, 0.6) is 0 Å². The van der Waals surface area contributed by atoms with Crippen LogP contribution < -0.4 is 5.32 Å². The Morgan fingerprint density at radius 1 is 1.40 bits per heavy atom. The molecular weight excluding hydrogens is 250 g/mol. The molecule has 4 unspecified atom stereocenters. The van der Waals surface area contributed by atoms with Gasteiger partial charge in [-0.05, 0) is 39.2 Å². The van der Waals surface area contributed by atoms with Crippen molar-refractivity contribution in [2.75, 3.05) is 13.6 Å². The van der Waals surface area contributed by atoms with Gasteiger partial charge in [0.1, 0.15) is 0 Å². The summed E-state index contributed by atoms with van der Waals surface area (Å²) in [6, 6.07) is 1.00. The molecule has 0 bridgehead atoms. The number of rotatable bonds is 4. The van der Waals surface area contributed by atoms with Crippen LogP contribution in [0.2, 0.25) is 0 Å². The van der Waals surface area contributed by atoms with Crippen LogP contribution in [-0.2, 0) is 4.79 Å². The second kappa shape index (κ2) is 6.44. The summed E-state index contributed by atoms with van der Waals surface area (Å²) in [5.74, 6) is 0.704. The molecule has 0 saturated carbocycles. The van der Waals surface area contributed by atoms with Crippen LogP contribution in [0.15, 0.2) is 0 Å². The molecule has 0 aromatic heterocycles. The molecule has 2 saturated heterocycles. The molecule has 0 aromatic rings. The molecule has 116 valence electrons. The van der Waals surface area contributed by atoms with Gasteiger partial charge in [0.15, 0.2) is 0 Å². The molecule has 2 aliphatic rings. The summed E-state index contributed by atoms with van der Waals surface area (Å²) < 4.78 is 0. The molecule has 0 aromatic carbocycles. The van der Waals surface area contributed by atoms with Crippen LogP contribution in [0.25, 0.3) is 0 Å². The van der Waals surface area contributed by atoms with Gasteiger partial charge in [-0.3, -0.25) is 10.1 Å². The van der Waals surface area contributed by atoms with Gasteiger partial charge in [-0.25, -0.2) is 0 Å². The highest BCUT2D eigenvalue weighted by Gasteiger charge is 2.44. The van der Waals surface area contributed by atoms with E-state index in [9.17, 15) is 4.79 Å². The molecule has 4 heteroatoms. The topological polar surface area (TPSA) is 35.6 Å². The monoisotopic (exact) mass is 281 g/mol. The lowest BCUT2D eigenvalue weighted by molar-refractivity contribution is -0.134. The van der Waals surface area contributed by atoms with Gasteiger partial charge in [0.2, 0.25) is 5.91 Å². The molecule has 2 rings (SSSR count). The van der Waals surface area contributed by atoms with Crippen LogP contribution in [-0.4, -0.2) is 53.6 Å². The Kier molecular flexibility index (Phi) is 5.08. The third kappa shape index (κ3) is 3.01. The third-order valence-electron chi connectivity index (χ3n) is 5.03. The van der Waals surface area contributed by atoms with Crippen LogP contribution in [0.3, 0.4) is 0 Å². The molecule has 2 heterocycles. The van der Waals surface area contributed by atoms with E-state index in [1.54, 1.807) is 0 Å². The van der Waals surface area contributed by atoms with Gasteiger partial charge < -0.3 is 9.80 Å². The first kappa shape index (κ1) is 15.8. The molecule has 2 fully saturated rings. The maximum absolute atomic E-state index is 12.8. The average Bonchev–Trinajstić information content (AvgIpc) is 2.71. The Bertz CT molecular complexity index is 345. The summed E-state index contributed by atoms with van der Waals surface area (Å²) in [5, 5.41) is 3.58. The summed E-state index contributed by atoms with van der Waals surface area (Å²) in [6.07, 6.45) is 4.65. The molecule has 4 nitrogen and oxygen atoms in total. The molecule has 0 radical (unpaired) electrons. The summed E-state index contributed by atoms with van der Waals surface area (Å²) in [4.78, 5) is 17.4. The zero-order valence-corrected chi connectivity index (χ0v) is 13.7. The lowest BCUT2D eigenvalue weighted by atomic mass is 9.96. The molecule has 2 aliphatic heterocycles. The molecule has 20 heavy (non-hydrogen) atoms. The van der Waals surface area contributed by atoms with E-state index >= 15 is 0 Å². The van der Waals surface area contributed by atoms with Crippen molar-refractivity contribution in [1.82, 2.24) is 15.1 Å². The van der Waals surface area contributed by atoms with Crippen molar-refractivity contribution < 1.29 is 4.79 Å². The Hall–Kier alpha value is -0.610. The highest BCUT2D eigenvalue weighted by molar-refractivity contribution is 5.85. The van der Waals surface area contributed by atoms with Gasteiger partial charge in [-0.2, -0.15) is 0 Å².